The fraction of sp³-hybridized carbons (Fsp3) is 0.200. The van der Waals surface area contributed by atoms with Crippen LogP contribution in [0.3, 0.4) is 0 Å². The SMILES string of the molecule is Cn1c2c(c(=O)n(C)c1=O)C(=O)C1(N2)OC(=O)c2ccccc21. The Kier molecular flexibility index (Phi) is 2.33. The first-order valence-corrected chi connectivity index (χ1v) is 6.84. The first-order chi connectivity index (χ1) is 10.9. The second-order valence-corrected chi connectivity index (χ2v) is 5.50. The number of carbonyl (C=O) groups excluding carboxylic acids is 2. The molecule has 2 aromatic rings. The number of carbonyl (C=O) groups is 2. The number of anilines is 1. The molecule has 0 saturated heterocycles. The van der Waals surface area contributed by atoms with Gasteiger partial charge in [-0.2, -0.15) is 0 Å². The van der Waals surface area contributed by atoms with Crippen molar-refractivity contribution >= 4 is 17.6 Å². The van der Waals surface area contributed by atoms with E-state index in [-0.39, 0.29) is 16.9 Å². The Morgan fingerprint density at radius 3 is 2.48 bits per heavy atom. The Morgan fingerprint density at radius 1 is 1.04 bits per heavy atom. The van der Waals surface area contributed by atoms with Crippen LogP contribution in [0.1, 0.15) is 26.3 Å². The number of ether oxygens (including phenoxy) is 1. The molecule has 1 aromatic carbocycles. The van der Waals surface area contributed by atoms with Crippen molar-refractivity contribution < 1.29 is 14.3 Å². The molecule has 1 aromatic heterocycles. The molecular formula is C15H11N3O5. The smallest absolute Gasteiger partial charge is 0.341 e. The highest BCUT2D eigenvalue weighted by Gasteiger charge is 2.58. The molecule has 1 unspecified atom stereocenters. The van der Waals surface area contributed by atoms with Crippen LogP contribution in [-0.2, 0) is 24.6 Å². The third kappa shape index (κ3) is 1.40. The average molecular weight is 313 g/mol. The molecule has 1 atom stereocenters. The number of rotatable bonds is 0. The number of hydrogen-bond acceptors (Lipinski definition) is 6. The van der Waals surface area contributed by atoms with E-state index in [0.717, 1.165) is 9.13 Å². The molecular weight excluding hydrogens is 302 g/mol. The molecule has 4 rings (SSSR count). The topological polar surface area (TPSA) is 99.4 Å². The van der Waals surface area contributed by atoms with Crippen LogP contribution in [0.25, 0.3) is 0 Å². The van der Waals surface area contributed by atoms with E-state index in [4.69, 9.17) is 4.74 Å². The van der Waals surface area contributed by atoms with Gasteiger partial charge >= 0.3 is 11.7 Å². The summed E-state index contributed by atoms with van der Waals surface area (Å²) in [6, 6.07) is 6.44. The molecule has 2 aliphatic rings. The van der Waals surface area contributed by atoms with Crippen LogP contribution in [-0.4, -0.2) is 20.9 Å². The van der Waals surface area contributed by atoms with Crippen molar-refractivity contribution in [1.29, 1.82) is 0 Å². The molecule has 23 heavy (non-hydrogen) atoms. The van der Waals surface area contributed by atoms with Gasteiger partial charge in [0.05, 0.1) is 5.56 Å². The number of hydrogen-bond donors (Lipinski definition) is 1. The van der Waals surface area contributed by atoms with Crippen molar-refractivity contribution in [2.75, 3.05) is 5.32 Å². The summed E-state index contributed by atoms with van der Waals surface area (Å²) in [4.78, 5) is 49.3. The van der Waals surface area contributed by atoms with E-state index in [1.807, 2.05) is 0 Å². The van der Waals surface area contributed by atoms with Gasteiger partial charge in [-0.05, 0) is 6.07 Å². The van der Waals surface area contributed by atoms with E-state index < -0.39 is 28.7 Å². The lowest BCUT2D eigenvalue weighted by Gasteiger charge is -2.22. The van der Waals surface area contributed by atoms with Crippen molar-refractivity contribution in [1.82, 2.24) is 9.13 Å². The maximum atomic E-state index is 12.9. The molecule has 0 amide bonds. The number of nitrogens with zero attached hydrogens (tertiary/aromatic N) is 2. The molecule has 1 N–H and O–H groups in total. The van der Waals surface area contributed by atoms with Crippen LogP contribution in [0, 0.1) is 0 Å². The first-order valence-electron chi connectivity index (χ1n) is 6.84. The third-order valence-electron chi connectivity index (χ3n) is 4.28. The van der Waals surface area contributed by atoms with Crippen LogP contribution in [0.2, 0.25) is 0 Å². The Balaban J connectivity index is 2.05. The van der Waals surface area contributed by atoms with Crippen LogP contribution < -0.4 is 16.6 Å². The summed E-state index contributed by atoms with van der Waals surface area (Å²) in [7, 11) is 2.72. The average Bonchev–Trinajstić information content (AvgIpc) is 3.00. The molecule has 0 radical (unpaired) electrons. The Labute approximate surface area is 128 Å². The minimum atomic E-state index is -1.78. The van der Waals surface area contributed by atoms with Crippen LogP contribution in [0.5, 0.6) is 0 Å². The van der Waals surface area contributed by atoms with Gasteiger partial charge in [-0.15, -0.1) is 0 Å². The second kappa shape index (κ2) is 3.97. The predicted molar refractivity (Wildman–Crippen MR) is 78.4 cm³/mol. The molecule has 8 heteroatoms. The highest BCUT2D eigenvalue weighted by Crippen LogP contribution is 2.43. The number of aromatic nitrogens is 2. The van der Waals surface area contributed by atoms with E-state index >= 15 is 0 Å². The summed E-state index contributed by atoms with van der Waals surface area (Å²) in [5.41, 5.74) is -2.70. The maximum absolute atomic E-state index is 12.9. The summed E-state index contributed by atoms with van der Waals surface area (Å²) in [5, 5.41) is 2.78. The lowest BCUT2D eigenvalue weighted by atomic mass is 9.96. The van der Waals surface area contributed by atoms with E-state index in [1.165, 1.54) is 14.1 Å². The van der Waals surface area contributed by atoms with Gasteiger partial charge in [0.1, 0.15) is 11.4 Å². The highest BCUT2D eigenvalue weighted by molar-refractivity contribution is 6.16. The molecule has 0 fully saturated rings. The predicted octanol–water partition coefficient (Wildman–Crippen LogP) is -0.284. The zero-order chi connectivity index (χ0) is 16.5. The van der Waals surface area contributed by atoms with Crippen molar-refractivity contribution in [3.05, 3.63) is 61.8 Å². The van der Waals surface area contributed by atoms with E-state index in [9.17, 15) is 19.2 Å². The lowest BCUT2D eigenvalue weighted by Crippen LogP contribution is -2.40. The maximum Gasteiger partial charge on any atom is 0.341 e. The van der Waals surface area contributed by atoms with E-state index in [1.54, 1.807) is 24.3 Å². The largest absolute Gasteiger partial charge is 0.423 e. The molecule has 3 heterocycles. The summed E-state index contributed by atoms with van der Waals surface area (Å²) in [5.74, 6) is -1.29. The number of fused-ring (bicyclic) bond motifs is 3. The van der Waals surface area contributed by atoms with Gasteiger partial charge in [-0.25, -0.2) is 9.59 Å². The molecule has 1 spiro atoms. The van der Waals surface area contributed by atoms with Gasteiger partial charge in [-0.1, -0.05) is 18.2 Å². The summed E-state index contributed by atoms with van der Waals surface area (Å²) >= 11 is 0. The zero-order valence-corrected chi connectivity index (χ0v) is 12.2. The molecule has 116 valence electrons. The van der Waals surface area contributed by atoms with Crippen molar-refractivity contribution in [3.63, 3.8) is 0 Å². The quantitative estimate of drug-likeness (QED) is 0.671. The van der Waals surface area contributed by atoms with Crippen LogP contribution in [0.15, 0.2) is 33.9 Å². The fourth-order valence-electron chi connectivity index (χ4n) is 3.07. The minimum absolute atomic E-state index is 0.0487. The van der Waals surface area contributed by atoms with Gasteiger partial charge in [0.2, 0.25) is 5.78 Å². The Hall–Kier alpha value is -3.16. The zero-order valence-electron chi connectivity index (χ0n) is 12.2. The van der Waals surface area contributed by atoms with Gasteiger partial charge in [0.15, 0.2) is 0 Å². The lowest BCUT2D eigenvalue weighted by molar-refractivity contribution is 0.0109. The molecule has 2 aliphatic heterocycles. The minimum Gasteiger partial charge on any atom is -0.423 e. The summed E-state index contributed by atoms with van der Waals surface area (Å²) in [6.45, 7) is 0. The number of nitrogens with one attached hydrogen (secondary N) is 1. The highest BCUT2D eigenvalue weighted by atomic mass is 16.6. The summed E-state index contributed by atoms with van der Waals surface area (Å²) in [6.07, 6.45) is 0. The first kappa shape index (κ1) is 13.5. The van der Waals surface area contributed by atoms with E-state index in [2.05, 4.69) is 5.32 Å². The number of ketones is 1. The van der Waals surface area contributed by atoms with Crippen molar-refractivity contribution in [2.45, 2.75) is 5.72 Å². The van der Waals surface area contributed by atoms with Gasteiger partial charge < -0.3 is 10.1 Å². The molecule has 0 saturated carbocycles. The van der Waals surface area contributed by atoms with Crippen LogP contribution >= 0.6 is 0 Å². The number of Topliss-reactive ketones (excluding diaryl/α,β-unsaturated/α-hetero) is 1. The Morgan fingerprint density at radius 2 is 1.74 bits per heavy atom. The molecule has 0 aliphatic carbocycles. The fourth-order valence-corrected chi connectivity index (χ4v) is 3.07. The van der Waals surface area contributed by atoms with Gasteiger partial charge in [-0.3, -0.25) is 18.7 Å². The third-order valence-corrected chi connectivity index (χ3v) is 4.28. The van der Waals surface area contributed by atoms with Crippen LogP contribution in [0.4, 0.5) is 5.82 Å². The van der Waals surface area contributed by atoms with E-state index in [0.29, 0.717) is 5.56 Å². The van der Waals surface area contributed by atoms with Crippen molar-refractivity contribution in [3.8, 4) is 0 Å². The number of esters is 1. The summed E-state index contributed by atoms with van der Waals surface area (Å²) < 4.78 is 7.30. The van der Waals surface area contributed by atoms with Gasteiger partial charge in [0, 0.05) is 19.7 Å². The standard InChI is InChI=1S/C15H11N3O5/c1-17-11-9(12(20)18(2)14(17)22)10(19)15(16-11)8-6-4-3-5-7(8)13(21)23-15/h3-6,16H,1-2H3. The Bertz CT molecular complexity index is 1030. The normalized spacial score (nSPS) is 21.1. The van der Waals surface area contributed by atoms with Gasteiger partial charge in [0.25, 0.3) is 11.3 Å². The number of benzene rings is 1. The van der Waals surface area contributed by atoms with Crippen molar-refractivity contribution in [2.24, 2.45) is 14.1 Å². The molecule has 8 nitrogen and oxygen atoms in total. The molecule has 0 bridgehead atoms. The monoisotopic (exact) mass is 313 g/mol. The second-order valence-electron chi connectivity index (χ2n) is 5.50.